The van der Waals surface area contributed by atoms with Crippen molar-refractivity contribution in [1.82, 2.24) is 0 Å². The fourth-order valence-corrected chi connectivity index (χ4v) is 2.51. The monoisotopic (exact) mass is 271 g/mol. The molecule has 0 saturated carbocycles. The highest BCUT2D eigenvalue weighted by Crippen LogP contribution is 2.30. The molecule has 0 aromatic heterocycles. The second kappa shape index (κ2) is 7.53. The van der Waals surface area contributed by atoms with Crippen LogP contribution < -0.4 is 10.5 Å². The first-order valence-corrected chi connectivity index (χ1v) is 6.89. The van der Waals surface area contributed by atoms with E-state index in [0.29, 0.717) is 23.8 Å². The molecule has 0 bridgehead atoms. The van der Waals surface area contributed by atoms with E-state index < -0.39 is 0 Å². The van der Waals surface area contributed by atoms with E-state index in [1.807, 2.05) is 18.2 Å². The Morgan fingerprint density at radius 2 is 2.29 bits per heavy atom. The van der Waals surface area contributed by atoms with E-state index in [1.54, 1.807) is 11.8 Å². The topological polar surface area (TPSA) is 55.5 Å². The second-order valence-corrected chi connectivity index (χ2v) is 5.10. The molecule has 0 aliphatic rings. The summed E-state index contributed by atoms with van der Waals surface area (Å²) in [4.78, 5) is 1.39. The largest absolute Gasteiger partial charge is 0.493 e. The lowest BCUT2D eigenvalue weighted by atomic mass is 10.2. The first-order chi connectivity index (χ1) is 8.20. The minimum atomic E-state index is 0.117. The lowest BCUT2D eigenvalue weighted by molar-refractivity contribution is 0.233. The van der Waals surface area contributed by atoms with Gasteiger partial charge < -0.3 is 15.6 Å². The summed E-state index contributed by atoms with van der Waals surface area (Å²) in [5.41, 5.74) is 6.54. The van der Waals surface area contributed by atoms with Gasteiger partial charge in [-0.2, -0.15) is 0 Å². The van der Waals surface area contributed by atoms with E-state index in [-0.39, 0.29) is 6.61 Å². The molecule has 5 heteroatoms. The average Bonchev–Trinajstić information content (AvgIpc) is 2.29. The number of nitrogens with two attached hydrogens (primary N) is 1. The Kier molecular flexibility index (Phi) is 6.32. The molecule has 3 nitrogen and oxygen atoms in total. The predicted molar refractivity (Wildman–Crippen MR) is 75.9 cm³/mol. The summed E-state index contributed by atoms with van der Waals surface area (Å²) in [5, 5.41) is 8.73. The van der Waals surface area contributed by atoms with Gasteiger partial charge in [0.15, 0.2) is 0 Å². The van der Waals surface area contributed by atoms with Gasteiger partial charge in [-0.25, -0.2) is 0 Å². The number of thioether (sulfide) groups is 1. The van der Waals surface area contributed by atoms with Gasteiger partial charge in [-0.1, -0.05) is 25.2 Å². The van der Waals surface area contributed by atoms with Crippen LogP contribution in [0, 0.1) is 0 Å². The van der Waals surface area contributed by atoms with Crippen molar-refractivity contribution in [1.29, 1.82) is 0 Å². The van der Waals surface area contributed by atoms with Gasteiger partial charge >= 0.3 is 0 Å². The maximum atomic E-state index is 8.73. The van der Waals surface area contributed by atoms with Crippen molar-refractivity contribution < 1.29 is 9.84 Å². The maximum absolute atomic E-state index is 8.73. The van der Waals surface area contributed by atoms with Crippen molar-refractivity contribution in [2.45, 2.75) is 18.2 Å². The summed E-state index contributed by atoms with van der Waals surface area (Å²) in [6.07, 6.45) is 0.599. The van der Waals surface area contributed by atoms with Crippen LogP contribution in [0.2, 0.25) is 0 Å². The van der Waals surface area contributed by atoms with E-state index in [0.717, 1.165) is 16.2 Å². The first kappa shape index (κ1) is 14.3. The Labute approximate surface area is 111 Å². The third-order valence-corrected chi connectivity index (χ3v) is 3.24. The summed E-state index contributed by atoms with van der Waals surface area (Å²) in [6.45, 7) is 2.66. The highest BCUT2D eigenvalue weighted by atomic mass is 32.2. The number of hydrogen-bond donors (Lipinski definition) is 2. The fourth-order valence-electron chi connectivity index (χ4n) is 1.40. The number of aliphatic hydroxyl groups is 1. The van der Waals surface area contributed by atoms with Crippen molar-refractivity contribution in [3.8, 4) is 5.75 Å². The van der Waals surface area contributed by atoms with Crippen LogP contribution in [0.15, 0.2) is 23.1 Å². The number of hydrogen-bond acceptors (Lipinski definition) is 4. The van der Waals surface area contributed by atoms with Gasteiger partial charge in [-0.15, -0.1) is 11.8 Å². The third-order valence-electron chi connectivity index (χ3n) is 2.09. The van der Waals surface area contributed by atoms with Crippen LogP contribution in [-0.4, -0.2) is 29.1 Å². The SMILES string of the molecule is CCSc1cccc(OCCCO)c1C(N)=S. The van der Waals surface area contributed by atoms with E-state index in [1.165, 1.54) is 0 Å². The zero-order valence-corrected chi connectivity index (χ0v) is 11.4. The molecule has 0 saturated heterocycles. The Hall–Kier alpha value is -0.780. The van der Waals surface area contributed by atoms with Crippen LogP contribution in [0.1, 0.15) is 18.9 Å². The van der Waals surface area contributed by atoms with Gasteiger partial charge in [0.1, 0.15) is 10.7 Å². The molecule has 0 aliphatic carbocycles. The molecular weight excluding hydrogens is 254 g/mol. The van der Waals surface area contributed by atoms with Crippen LogP contribution in [0.25, 0.3) is 0 Å². The molecule has 1 rings (SSSR count). The maximum Gasteiger partial charge on any atom is 0.130 e. The van der Waals surface area contributed by atoms with Crippen LogP contribution in [-0.2, 0) is 0 Å². The third kappa shape index (κ3) is 4.18. The lowest BCUT2D eigenvalue weighted by Gasteiger charge is -2.13. The van der Waals surface area contributed by atoms with Crippen molar-refractivity contribution in [3.63, 3.8) is 0 Å². The van der Waals surface area contributed by atoms with Crippen LogP contribution >= 0.6 is 24.0 Å². The zero-order chi connectivity index (χ0) is 12.7. The van der Waals surface area contributed by atoms with Crippen molar-refractivity contribution >= 4 is 29.0 Å². The molecular formula is C12H17NO2S2. The molecule has 0 amide bonds. The van der Waals surface area contributed by atoms with Gasteiger partial charge in [-0.3, -0.25) is 0 Å². The summed E-state index contributed by atoms with van der Waals surface area (Å²) in [6, 6.07) is 5.77. The molecule has 1 aromatic carbocycles. The molecule has 94 valence electrons. The Morgan fingerprint density at radius 3 is 2.88 bits per heavy atom. The van der Waals surface area contributed by atoms with E-state index in [2.05, 4.69) is 6.92 Å². The molecule has 0 fully saturated rings. The number of ether oxygens (including phenoxy) is 1. The van der Waals surface area contributed by atoms with Gasteiger partial charge in [0, 0.05) is 17.9 Å². The Bertz CT molecular complexity index is 383. The molecule has 0 spiro atoms. The number of aliphatic hydroxyl groups excluding tert-OH is 1. The summed E-state index contributed by atoms with van der Waals surface area (Å²) < 4.78 is 5.59. The molecule has 0 unspecified atom stereocenters. The van der Waals surface area contributed by atoms with Crippen molar-refractivity contribution in [3.05, 3.63) is 23.8 Å². The lowest BCUT2D eigenvalue weighted by Crippen LogP contribution is -2.14. The van der Waals surface area contributed by atoms with Gasteiger partial charge in [0.25, 0.3) is 0 Å². The molecule has 0 radical (unpaired) electrons. The fraction of sp³-hybridized carbons (Fsp3) is 0.417. The standard InChI is InChI=1S/C12H17NO2S2/c1-2-17-10-6-3-5-9(11(10)12(13)16)15-8-4-7-14/h3,5-6,14H,2,4,7-8H2,1H3,(H2,13,16). The highest BCUT2D eigenvalue weighted by Gasteiger charge is 2.12. The van der Waals surface area contributed by atoms with E-state index in [4.69, 9.17) is 27.8 Å². The van der Waals surface area contributed by atoms with Crippen LogP contribution in [0.5, 0.6) is 5.75 Å². The summed E-state index contributed by atoms with van der Waals surface area (Å²) in [5.74, 6) is 1.65. The molecule has 0 aliphatic heterocycles. The normalized spacial score (nSPS) is 10.2. The highest BCUT2D eigenvalue weighted by molar-refractivity contribution is 7.99. The van der Waals surface area contributed by atoms with Gasteiger partial charge in [0.05, 0.1) is 12.2 Å². The Morgan fingerprint density at radius 1 is 1.53 bits per heavy atom. The zero-order valence-electron chi connectivity index (χ0n) is 9.81. The summed E-state index contributed by atoms with van der Waals surface area (Å²) >= 11 is 6.75. The predicted octanol–water partition coefficient (Wildman–Crippen LogP) is 2.19. The average molecular weight is 271 g/mol. The van der Waals surface area contributed by atoms with Crippen LogP contribution in [0.4, 0.5) is 0 Å². The summed E-state index contributed by atoms with van der Waals surface area (Å²) in [7, 11) is 0. The minimum Gasteiger partial charge on any atom is -0.493 e. The van der Waals surface area contributed by atoms with Gasteiger partial charge in [-0.05, 0) is 17.9 Å². The second-order valence-electron chi connectivity index (χ2n) is 3.35. The molecule has 0 heterocycles. The Balaban J connectivity index is 2.94. The van der Waals surface area contributed by atoms with Crippen LogP contribution in [0.3, 0.4) is 0 Å². The molecule has 0 atom stereocenters. The molecule has 3 N–H and O–H groups in total. The van der Waals surface area contributed by atoms with E-state index >= 15 is 0 Å². The number of rotatable bonds is 7. The minimum absolute atomic E-state index is 0.117. The quantitative estimate of drug-likeness (QED) is 0.452. The smallest absolute Gasteiger partial charge is 0.130 e. The number of thiocarbonyl (C=S) groups is 1. The van der Waals surface area contributed by atoms with Crippen molar-refractivity contribution in [2.75, 3.05) is 19.0 Å². The van der Waals surface area contributed by atoms with E-state index in [9.17, 15) is 0 Å². The number of benzene rings is 1. The van der Waals surface area contributed by atoms with Gasteiger partial charge in [0.2, 0.25) is 0 Å². The molecule has 1 aromatic rings. The molecule has 17 heavy (non-hydrogen) atoms. The first-order valence-electron chi connectivity index (χ1n) is 5.50. The van der Waals surface area contributed by atoms with Crippen molar-refractivity contribution in [2.24, 2.45) is 5.73 Å².